The van der Waals surface area contributed by atoms with E-state index in [-0.39, 0.29) is 0 Å². The normalized spacial score (nSPS) is 26.5. The topological polar surface area (TPSA) is 55.6 Å². The highest BCUT2D eigenvalue weighted by atomic mass is 16.5. The molecule has 0 unspecified atom stereocenters. The summed E-state index contributed by atoms with van der Waals surface area (Å²) in [5.74, 6) is 0.895. The minimum Gasteiger partial charge on any atom is -0.378 e. The van der Waals surface area contributed by atoms with E-state index in [0.29, 0.717) is 36.9 Å². The van der Waals surface area contributed by atoms with Crippen LogP contribution in [0.1, 0.15) is 58.3 Å². The van der Waals surface area contributed by atoms with Crippen LogP contribution in [0.2, 0.25) is 0 Å². The van der Waals surface area contributed by atoms with Crippen LogP contribution in [0.4, 0.5) is 0 Å². The Morgan fingerprint density at radius 3 is 2.60 bits per heavy atom. The number of carbonyl (C=O) groups excluding carboxylic acids is 1. The van der Waals surface area contributed by atoms with Crippen molar-refractivity contribution in [2.45, 2.75) is 70.4 Å². The summed E-state index contributed by atoms with van der Waals surface area (Å²) in [5.41, 5.74) is 5.61. The molecule has 0 aromatic carbocycles. The lowest BCUT2D eigenvalue weighted by Crippen LogP contribution is -2.43. The number of ether oxygens (including phenoxy) is 1. The van der Waals surface area contributed by atoms with Gasteiger partial charge in [0.25, 0.3) is 0 Å². The molecule has 4 heteroatoms. The summed E-state index contributed by atoms with van der Waals surface area (Å²) >= 11 is 0. The lowest BCUT2D eigenvalue weighted by molar-refractivity contribution is -0.136. The van der Waals surface area contributed by atoms with Crippen LogP contribution in [0.3, 0.4) is 0 Å². The van der Waals surface area contributed by atoms with E-state index in [1.165, 1.54) is 25.7 Å². The highest BCUT2D eigenvalue weighted by molar-refractivity contribution is 5.77. The number of carbonyl (C=O) groups is 1. The Bertz CT molecular complexity index is 297. The van der Waals surface area contributed by atoms with Crippen molar-refractivity contribution in [2.75, 3.05) is 19.7 Å². The van der Waals surface area contributed by atoms with E-state index in [1.807, 2.05) is 6.92 Å². The molecular formula is C16H30N2O2. The zero-order valence-corrected chi connectivity index (χ0v) is 12.9. The maximum Gasteiger partial charge on any atom is 0.223 e. The van der Waals surface area contributed by atoms with Crippen LogP contribution >= 0.6 is 0 Å². The van der Waals surface area contributed by atoms with Crippen molar-refractivity contribution in [3.8, 4) is 0 Å². The quantitative estimate of drug-likeness (QED) is 0.743. The number of nitrogens with two attached hydrogens (primary N) is 1. The lowest BCUT2D eigenvalue weighted by atomic mass is 9.79. The van der Waals surface area contributed by atoms with E-state index in [0.717, 1.165) is 32.4 Å². The molecule has 2 saturated carbocycles. The first kappa shape index (κ1) is 15.8. The van der Waals surface area contributed by atoms with Crippen molar-refractivity contribution < 1.29 is 9.53 Å². The molecule has 0 atom stereocenters. The van der Waals surface area contributed by atoms with Crippen LogP contribution in [-0.2, 0) is 9.53 Å². The van der Waals surface area contributed by atoms with Gasteiger partial charge in [-0.15, -0.1) is 0 Å². The highest BCUT2D eigenvalue weighted by Gasteiger charge is 2.34. The standard InChI is InChI=1S/C16H30N2O2/c1-2-20-15-10-13(11-15)12-16(19)18(9-5-8-17)14-6-3-4-7-14/h13-15H,2-12,17H2,1H3. The molecule has 116 valence electrons. The predicted molar refractivity (Wildman–Crippen MR) is 80.4 cm³/mol. The van der Waals surface area contributed by atoms with Gasteiger partial charge in [-0.1, -0.05) is 12.8 Å². The molecule has 4 nitrogen and oxygen atoms in total. The van der Waals surface area contributed by atoms with Gasteiger partial charge in [-0.2, -0.15) is 0 Å². The average Bonchev–Trinajstić information content (AvgIpc) is 2.90. The van der Waals surface area contributed by atoms with Crippen LogP contribution in [0, 0.1) is 5.92 Å². The predicted octanol–water partition coefficient (Wildman–Crippen LogP) is 2.31. The number of hydrogen-bond donors (Lipinski definition) is 1. The van der Waals surface area contributed by atoms with Gasteiger partial charge in [-0.3, -0.25) is 4.79 Å². The van der Waals surface area contributed by atoms with Gasteiger partial charge in [-0.05, 0) is 51.5 Å². The van der Waals surface area contributed by atoms with Crippen molar-refractivity contribution in [2.24, 2.45) is 11.7 Å². The Morgan fingerprint density at radius 1 is 1.30 bits per heavy atom. The minimum absolute atomic E-state index is 0.352. The zero-order chi connectivity index (χ0) is 14.4. The summed E-state index contributed by atoms with van der Waals surface area (Å²) in [6.07, 6.45) is 9.08. The molecular weight excluding hydrogens is 252 g/mol. The van der Waals surface area contributed by atoms with E-state index in [2.05, 4.69) is 4.90 Å². The smallest absolute Gasteiger partial charge is 0.223 e. The molecule has 0 bridgehead atoms. The summed E-state index contributed by atoms with van der Waals surface area (Å²) in [6, 6.07) is 0.483. The molecule has 2 aliphatic rings. The average molecular weight is 282 g/mol. The molecule has 2 fully saturated rings. The fraction of sp³-hybridized carbons (Fsp3) is 0.938. The van der Waals surface area contributed by atoms with Crippen molar-refractivity contribution in [3.63, 3.8) is 0 Å². The van der Waals surface area contributed by atoms with E-state index in [1.54, 1.807) is 0 Å². The van der Waals surface area contributed by atoms with Gasteiger partial charge in [0.05, 0.1) is 6.10 Å². The maximum absolute atomic E-state index is 12.5. The van der Waals surface area contributed by atoms with Crippen LogP contribution in [0.25, 0.3) is 0 Å². The summed E-state index contributed by atoms with van der Waals surface area (Å²) in [5, 5.41) is 0. The second-order valence-corrected chi connectivity index (χ2v) is 6.29. The second-order valence-electron chi connectivity index (χ2n) is 6.29. The number of rotatable bonds is 8. The molecule has 2 rings (SSSR count). The molecule has 2 aliphatic carbocycles. The van der Waals surface area contributed by atoms with Crippen LogP contribution in [0.15, 0.2) is 0 Å². The largest absolute Gasteiger partial charge is 0.378 e. The zero-order valence-electron chi connectivity index (χ0n) is 12.9. The van der Waals surface area contributed by atoms with Gasteiger partial charge in [0.2, 0.25) is 5.91 Å². The maximum atomic E-state index is 12.5. The molecule has 2 N–H and O–H groups in total. The minimum atomic E-state index is 0.352. The number of hydrogen-bond acceptors (Lipinski definition) is 3. The van der Waals surface area contributed by atoms with Crippen molar-refractivity contribution in [1.29, 1.82) is 0 Å². The number of amides is 1. The van der Waals surface area contributed by atoms with Crippen molar-refractivity contribution in [1.82, 2.24) is 4.90 Å². The Balaban J connectivity index is 1.77. The summed E-state index contributed by atoms with van der Waals surface area (Å²) in [6.45, 7) is 4.34. The summed E-state index contributed by atoms with van der Waals surface area (Å²) in [7, 11) is 0. The first-order chi connectivity index (χ1) is 9.74. The Labute approximate surface area is 123 Å². The van der Waals surface area contributed by atoms with Gasteiger partial charge in [0.1, 0.15) is 0 Å². The molecule has 0 aliphatic heterocycles. The molecule has 20 heavy (non-hydrogen) atoms. The number of nitrogens with zero attached hydrogens (tertiary/aromatic N) is 1. The first-order valence-electron chi connectivity index (χ1n) is 8.35. The Morgan fingerprint density at radius 2 is 2.00 bits per heavy atom. The van der Waals surface area contributed by atoms with Gasteiger partial charge < -0.3 is 15.4 Å². The van der Waals surface area contributed by atoms with E-state index >= 15 is 0 Å². The summed E-state index contributed by atoms with van der Waals surface area (Å²) < 4.78 is 5.57. The molecule has 0 heterocycles. The molecule has 0 saturated heterocycles. The monoisotopic (exact) mass is 282 g/mol. The fourth-order valence-electron chi connectivity index (χ4n) is 3.57. The van der Waals surface area contributed by atoms with Gasteiger partial charge in [0.15, 0.2) is 0 Å². The van der Waals surface area contributed by atoms with Gasteiger partial charge in [-0.25, -0.2) is 0 Å². The SMILES string of the molecule is CCOC1CC(CC(=O)N(CCCN)C2CCCC2)C1. The lowest BCUT2D eigenvalue weighted by Gasteiger charge is -2.37. The van der Waals surface area contributed by atoms with Crippen LogP contribution < -0.4 is 5.73 Å². The van der Waals surface area contributed by atoms with Crippen LogP contribution in [-0.4, -0.2) is 42.6 Å². The molecule has 0 spiro atoms. The molecule has 0 radical (unpaired) electrons. The molecule has 0 aromatic heterocycles. The summed E-state index contributed by atoms with van der Waals surface area (Å²) in [4.78, 5) is 14.7. The van der Waals surface area contributed by atoms with Crippen molar-refractivity contribution in [3.05, 3.63) is 0 Å². The van der Waals surface area contributed by atoms with Crippen LogP contribution in [0.5, 0.6) is 0 Å². The molecule has 1 amide bonds. The Hall–Kier alpha value is -0.610. The third kappa shape index (κ3) is 4.19. The second kappa shape index (κ2) is 7.99. The first-order valence-corrected chi connectivity index (χ1v) is 8.35. The van der Waals surface area contributed by atoms with E-state index in [4.69, 9.17) is 10.5 Å². The van der Waals surface area contributed by atoms with E-state index < -0.39 is 0 Å². The third-order valence-electron chi connectivity index (χ3n) is 4.75. The van der Waals surface area contributed by atoms with Gasteiger partial charge >= 0.3 is 0 Å². The van der Waals surface area contributed by atoms with Crippen molar-refractivity contribution >= 4 is 5.91 Å². The Kier molecular flexibility index (Phi) is 6.30. The molecule has 0 aromatic rings. The van der Waals surface area contributed by atoms with E-state index in [9.17, 15) is 4.79 Å². The third-order valence-corrected chi connectivity index (χ3v) is 4.75. The highest BCUT2D eigenvalue weighted by Crippen LogP contribution is 2.34. The fourth-order valence-corrected chi connectivity index (χ4v) is 3.57. The van der Waals surface area contributed by atoms with Gasteiger partial charge in [0, 0.05) is 25.6 Å².